The molecule has 3 N–H and O–H groups in total. The number of nitrogens with zero attached hydrogens (tertiary/aromatic N) is 2. The van der Waals surface area contributed by atoms with Crippen molar-refractivity contribution < 1.29 is 43.9 Å². The molecule has 0 aliphatic carbocycles. The Kier molecular flexibility index (Phi) is 5.09. The fourth-order valence-corrected chi connectivity index (χ4v) is 6.23. The van der Waals surface area contributed by atoms with Crippen molar-refractivity contribution in [3.63, 3.8) is 0 Å². The molecule has 1 aromatic carbocycles. The average Bonchev–Trinajstić information content (AvgIpc) is 3.43. The van der Waals surface area contributed by atoms with E-state index in [2.05, 4.69) is 15.3 Å². The monoisotopic (exact) mass is 537 g/mol. The van der Waals surface area contributed by atoms with Crippen LogP contribution in [0.5, 0.6) is 0 Å². The number of pyridine rings is 1. The number of aromatic nitrogens is 1. The van der Waals surface area contributed by atoms with Gasteiger partial charge >= 0.3 is 179 Å². The Morgan fingerprint density at radius 2 is 2.17 bits per heavy atom. The average molecular weight is 538 g/mol. The molecule has 0 spiro atoms. The van der Waals surface area contributed by atoms with Gasteiger partial charge in [-0.05, 0) is 0 Å². The van der Waals surface area contributed by atoms with Gasteiger partial charge in [0.25, 0.3) is 0 Å². The zero-order valence-electron chi connectivity index (χ0n) is 14.8. The van der Waals surface area contributed by atoms with Gasteiger partial charge in [-0.3, -0.25) is 0 Å². The second-order valence-corrected chi connectivity index (χ2v) is 10.3. The Labute approximate surface area is 178 Å². The Balaban J connectivity index is 1.75. The summed E-state index contributed by atoms with van der Waals surface area (Å²) in [6, 6.07) is 5.08. The summed E-state index contributed by atoms with van der Waals surface area (Å²) in [6.07, 6.45) is -1.68. The summed E-state index contributed by atoms with van der Waals surface area (Å²) in [5.41, 5.74) is 3.50. The number of carbonyl (C=O) groups is 1. The molecule has 3 atom stereocenters. The molecule has 1 aromatic heterocycles. The molecule has 2 aromatic rings. The Bertz CT molecular complexity index is 1020. The first-order valence-electron chi connectivity index (χ1n) is 8.38. The van der Waals surface area contributed by atoms with Gasteiger partial charge in [-0.15, -0.1) is 0 Å². The predicted molar refractivity (Wildman–Crippen MR) is 96.3 cm³/mol. The Hall–Kier alpha value is -2.08. The number of hydrogen-bond acceptors (Lipinski definition) is 5. The van der Waals surface area contributed by atoms with E-state index in [0.29, 0.717) is 5.02 Å². The van der Waals surface area contributed by atoms with Gasteiger partial charge in [-0.25, -0.2) is 0 Å². The number of fused-ring (bicyclic) bond motifs is 1. The number of rotatable bonds is 4. The van der Waals surface area contributed by atoms with Crippen LogP contribution in [0.1, 0.15) is 21.6 Å². The number of nitrogens with two attached hydrogens (primary N) is 1. The number of alkyl halides is 4. The first-order chi connectivity index (χ1) is 13.7. The van der Waals surface area contributed by atoms with Crippen molar-refractivity contribution in [2.45, 2.75) is 26.9 Å². The van der Waals surface area contributed by atoms with Crippen LogP contribution in [0.15, 0.2) is 35.5 Å². The van der Waals surface area contributed by atoms with Crippen LogP contribution >= 0.6 is 11.6 Å². The quantitative estimate of drug-likeness (QED) is 0.426. The molecule has 1 amide bonds. The number of hydrogen-bond donors (Lipinski definition) is 2. The number of anilines is 1. The van der Waals surface area contributed by atoms with Crippen LogP contribution in [-0.2, 0) is 10.3 Å². The third-order valence-electron chi connectivity index (χ3n) is 4.61. The van der Waals surface area contributed by atoms with Crippen LogP contribution in [0.25, 0.3) is 0 Å². The molecule has 2 aliphatic rings. The number of nitrogens with one attached hydrogen (secondary N) is 1. The number of halogens is 5. The van der Waals surface area contributed by atoms with E-state index in [1.165, 1.54) is 37.4 Å². The number of carbonyl (C=O) groups excluding carboxylic acids is 1. The molecule has 0 unspecified atom stereocenters. The summed E-state index contributed by atoms with van der Waals surface area (Å²) in [7, 11) is 0. The molecule has 29 heavy (non-hydrogen) atoms. The van der Waals surface area contributed by atoms with Crippen molar-refractivity contribution in [1.29, 1.82) is 0 Å². The van der Waals surface area contributed by atoms with Gasteiger partial charge < -0.3 is 0 Å². The molecule has 0 saturated carbocycles. The van der Waals surface area contributed by atoms with Crippen LogP contribution in [0, 0.1) is 12.7 Å². The molecule has 11 heteroatoms. The SMILES string of the molecule is Cc1cc(NC(=O)c2ccc(Cl)cn2)cc([C@@]2(C(F)F)N=C(N)O[C@@H]3[I-][C@@H]32)c1F. The van der Waals surface area contributed by atoms with Crippen molar-refractivity contribution in [1.82, 2.24) is 4.98 Å². The number of amides is 1. The molecule has 6 nitrogen and oxygen atoms in total. The van der Waals surface area contributed by atoms with Crippen LogP contribution in [0.4, 0.5) is 18.9 Å². The molecule has 1 saturated heterocycles. The van der Waals surface area contributed by atoms with E-state index in [0.717, 1.165) is 0 Å². The van der Waals surface area contributed by atoms with Crippen molar-refractivity contribution in [3.8, 4) is 0 Å². The van der Waals surface area contributed by atoms with Crippen molar-refractivity contribution >= 4 is 29.2 Å². The Morgan fingerprint density at radius 1 is 1.41 bits per heavy atom. The molecule has 0 bridgehead atoms. The van der Waals surface area contributed by atoms with Gasteiger partial charge in [-0.1, -0.05) is 0 Å². The third kappa shape index (κ3) is 3.52. The molecular weight excluding hydrogens is 524 g/mol. The molecular formula is C18H14ClF3IN4O2-. The van der Waals surface area contributed by atoms with Gasteiger partial charge in [0.1, 0.15) is 0 Å². The molecule has 2 aliphatic heterocycles. The fourth-order valence-electron chi connectivity index (χ4n) is 3.19. The van der Waals surface area contributed by atoms with Crippen LogP contribution in [-0.4, -0.2) is 31.4 Å². The van der Waals surface area contributed by atoms with Gasteiger partial charge in [0, 0.05) is 0 Å². The van der Waals surface area contributed by atoms with Gasteiger partial charge in [0.05, 0.1) is 0 Å². The molecule has 4 rings (SSSR count). The number of aryl methyl sites for hydroxylation is 1. The van der Waals surface area contributed by atoms with E-state index in [1.54, 1.807) is 0 Å². The second kappa shape index (κ2) is 7.31. The van der Waals surface area contributed by atoms with Crippen LogP contribution in [0.3, 0.4) is 0 Å². The van der Waals surface area contributed by atoms with Crippen LogP contribution in [0.2, 0.25) is 5.02 Å². The van der Waals surface area contributed by atoms with Crippen molar-refractivity contribution in [2.75, 3.05) is 5.32 Å². The fraction of sp³-hybridized carbons (Fsp3) is 0.278. The van der Waals surface area contributed by atoms with E-state index < -0.39 is 52.9 Å². The standard InChI is InChI=1S/C18H14ClF3IN4O2/c1-7-4-9(26-15(28)11-3-2-8(19)6-25-11)5-10(12(7)20)18(16(21)22)13-14(23-13)29-17(24)27-18/h2-6,13-14,16H,1H3,(H2,24,27)(H,26,28)/q-1/t13-,14-,18+/m0/s1. The number of aliphatic imine (C=N–C) groups is 1. The van der Waals surface area contributed by atoms with E-state index in [1.807, 2.05) is 0 Å². The van der Waals surface area contributed by atoms with E-state index >= 15 is 0 Å². The number of benzene rings is 1. The third-order valence-corrected chi connectivity index (χ3v) is 8.06. The number of ether oxygens (including phenoxy) is 1. The van der Waals surface area contributed by atoms with E-state index in [9.17, 15) is 18.0 Å². The minimum atomic E-state index is -2.99. The van der Waals surface area contributed by atoms with Crippen molar-refractivity contribution in [2.24, 2.45) is 10.7 Å². The topological polar surface area (TPSA) is 89.6 Å². The maximum absolute atomic E-state index is 15.0. The van der Waals surface area contributed by atoms with Crippen molar-refractivity contribution in [3.05, 3.63) is 58.1 Å². The molecule has 154 valence electrons. The second-order valence-electron chi connectivity index (χ2n) is 6.54. The summed E-state index contributed by atoms with van der Waals surface area (Å²) >= 11 is 4.99. The zero-order chi connectivity index (χ0) is 20.9. The van der Waals surface area contributed by atoms with E-state index in [-0.39, 0.29) is 28.5 Å². The predicted octanol–water partition coefficient (Wildman–Crippen LogP) is 0.0374. The molecule has 1 fully saturated rings. The number of amidine groups is 1. The minimum absolute atomic E-state index is 0.0722. The first-order valence-corrected chi connectivity index (χ1v) is 11.2. The molecule has 3 heterocycles. The summed E-state index contributed by atoms with van der Waals surface area (Å²) in [6.45, 7) is 1.43. The van der Waals surface area contributed by atoms with Crippen LogP contribution < -0.4 is 32.3 Å². The summed E-state index contributed by atoms with van der Waals surface area (Å²) in [5, 5.41) is 2.92. The summed E-state index contributed by atoms with van der Waals surface area (Å²) in [4.78, 5) is 20.2. The normalized spacial score (nSPS) is 25.4. The Morgan fingerprint density at radius 3 is 2.83 bits per heavy atom. The summed E-state index contributed by atoms with van der Waals surface area (Å²) < 4.78 is 47.7. The van der Waals surface area contributed by atoms with Gasteiger partial charge in [0.15, 0.2) is 0 Å². The summed E-state index contributed by atoms with van der Waals surface area (Å²) in [5.74, 6) is -1.39. The van der Waals surface area contributed by atoms with Gasteiger partial charge in [0.2, 0.25) is 0 Å². The maximum atomic E-state index is 15.0. The zero-order valence-corrected chi connectivity index (χ0v) is 17.7. The van der Waals surface area contributed by atoms with Gasteiger partial charge in [-0.2, -0.15) is 0 Å². The first kappa shape index (κ1) is 20.2. The molecule has 0 radical (unpaired) electrons. The van der Waals surface area contributed by atoms with E-state index in [4.69, 9.17) is 22.1 Å².